The molecule has 6 aliphatic rings. The topological polar surface area (TPSA) is 39.0 Å². The highest BCUT2D eigenvalue weighted by Crippen LogP contribution is 2.49. The normalized spacial score (nSPS) is 17.9. The summed E-state index contributed by atoms with van der Waals surface area (Å²) in [6, 6.07) is 42.5. The zero-order chi connectivity index (χ0) is 39.2. The van der Waals surface area contributed by atoms with Gasteiger partial charge in [-0.15, -0.1) is 0 Å². The van der Waals surface area contributed by atoms with Crippen LogP contribution in [0.2, 0.25) is 0 Å². The minimum Gasteiger partial charge on any atom is -0.455 e. The van der Waals surface area contributed by atoms with Crippen LogP contribution >= 0.6 is 0 Å². The lowest BCUT2D eigenvalue weighted by atomic mass is 9.82. The second kappa shape index (κ2) is 13.8. The summed E-state index contributed by atoms with van der Waals surface area (Å²) in [4.78, 5) is 5.21. The largest absolute Gasteiger partial charge is 0.455 e. The first-order valence-corrected chi connectivity index (χ1v) is 24.4. The van der Waals surface area contributed by atoms with Crippen LogP contribution in [0.5, 0.6) is 11.5 Å². The zero-order valence-electron chi connectivity index (χ0n) is 34.2. The van der Waals surface area contributed by atoms with Gasteiger partial charge in [0, 0.05) is 83.6 Å². The van der Waals surface area contributed by atoms with Crippen molar-refractivity contribution in [1.82, 2.24) is 4.58 Å². The Labute approximate surface area is 348 Å². The van der Waals surface area contributed by atoms with Crippen LogP contribution in [-0.4, -0.2) is 52.5 Å². The van der Waals surface area contributed by atoms with Gasteiger partial charge in [-0.05, 0) is 114 Å². The van der Waals surface area contributed by atoms with Crippen molar-refractivity contribution >= 4 is 51.5 Å². The van der Waals surface area contributed by atoms with Crippen molar-refractivity contribution in [2.75, 3.05) is 49.1 Å². The summed E-state index contributed by atoms with van der Waals surface area (Å²) in [6.45, 7) is 7.86. The summed E-state index contributed by atoms with van der Waals surface area (Å²) in [5, 5.41) is 18.5. The van der Waals surface area contributed by atoms with Gasteiger partial charge in [-0.1, -0.05) is 84.9 Å². The Morgan fingerprint density at radius 1 is 0.678 bits per heavy atom. The van der Waals surface area contributed by atoms with Gasteiger partial charge in [0.2, 0.25) is 5.36 Å². The van der Waals surface area contributed by atoms with E-state index in [9.17, 15) is 5.11 Å². The van der Waals surface area contributed by atoms with Crippen LogP contribution in [0.4, 0.5) is 17.1 Å². The van der Waals surface area contributed by atoms with E-state index in [1.54, 1.807) is 0 Å². The molecule has 0 aromatic heterocycles. The fourth-order valence-corrected chi connectivity index (χ4v) is 17.4. The highest BCUT2D eigenvalue weighted by Gasteiger charge is 2.49. The van der Waals surface area contributed by atoms with E-state index in [0.717, 1.165) is 69.9 Å². The van der Waals surface area contributed by atoms with E-state index >= 15 is 0 Å². The number of aryl methyl sites for hydroxylation is 2. The lowest BCUT2D eigenvalue weighted by Crippen LogP contribution is -2.77. The Kier molecular flexibility index (Phi) is 8.32. The molecular weight excluding hydrogens is 739 g/mol. The molecule has 0 bridgehead atoms. The van der Waals surface area contributed by atoms with Crippen LogP contribution in [0, 0.1) is 0 Å². The number of rotatable bonds is 6. The van der Waals surface area contributed by atoms with Gasteiger partial charge >= 0.3 is 0 Å². The number of anilines is 3. The molecule has 0 fully saturated rings. The van der Waals surface area contributed by atoms with Crippen molar-refractivity contribution in [3.63, 3.8) is 0 Å². The zero-order valence-corrected chi connectivity index (χ0v) is 35.2. The first-order valence-electron chi connectivity index (χ1n) is 22.4. The van der Waals surface area contributed by atoms with Gasteiger partial charge in [-0.25, -0.2) is 4.58 Å². The summed E-state index contributed by atoms with van der Waals surface area (Å²) >= 11 is 0. The maximum absolute atomic E-state index is 10.1. The van der Waals surface area contributed by atoms with Crippen LogP contribution in [-0.2, 0) is 32.1 Å². The number of aliphatic hydroxyl groups is 1. The molecule has 6 heteroatoms. The van der Waals surface area contributed by atoms with Crippen LogP contribution < -0.4 is 50.4 Å². The van der Waals surface area contributed by atoms with Gasteiger partial charge in [0.15, 0.2) is 8.07 Å². The number of hydrogen-bond acceptors (Lipinski definition) is 4. The third-order valence-electron chi connectivity index (χ3n) is 14.6. The molecule has 294 valence electrons. The lowest BCUT2D eigenvalue weighted by Gasteiger charge is -2.45. The molecule has 0 amide bonds. The Hall–Kier alpha value is -5.43. The van der Waals surface area contributed by atoms with E-state index in [1.807, 2.05) is 0 Å². The van der Waals surface area contributed by atoms with Gasteiger partial charge in [-0.2, -0.15) is 0 Å². The van der Waals surface area contributed by atoms with E-state index < -0.39 is 8.07 Å². The van der Waals surface area contributed by atoms with E-state index in [2.05, 4.69) is 130 Å². The van der Waals surface area contributed by atoms with Gasteiger partial charge < -0.3 is 19.6 Å². The number of aliphatic hydroxyl groups excluding tert-OH is 1. The third kappa shape index (κ3) is 5.15. The number of benzene rings is 6. The average molecular weight is 791 g/mol. The van der Waals surface area contributed by atoms with Gasteiger partial charge in [-0.3, -0.25) is 0 Å². The predicted octanol–water partition coefficient (Wildman–Crippen LogP) is 5.51. The van der Waals surface area contributed by atoms with Crippen molar-refractivity contribution < 1.29 is 9.84 Å². The molecule has 6 aromatic carbocycles. The monoisotopic (exact) mass is 790 g/mol. The molecule has 0 spiro atoms. The first-order chi connectivity index (χ1) is 29.2. The van der Waals surface area contributed by atoms with Crippen LogP contribution in [0.15, 0.2) is 109 Å². The predicted molar refractivity (Wildman–Crippen MR) is 244 cm³/mol. The summed E-state index contributed by atoms with van der Waals surface area (Å²) < 4.78 is 10.1. The Balaban J connectivity index is 1.21. The second-order valence-electron chi connectivity index (χ2n) is 17.6. The molecule has 6 aliphatic heterocycles. The van der Waals surface area contributed by atoms with E-state index in [4.69, 9.17) is 4.74 Å². The molecule has 6 heterocycles. The SMILES string of the molecule is CCN1c2cc(CCO)ccc2[Si](c2ccccc2)(c2ccccc2)c2cc(C3=c4cc5c6c(c4Oc4c3cc3c7c4CCCN7CCC3)CCC[N+]=6CCC5)ccc21. The first kappa shape index (κ1) is 35.5. The van der Waals surface area contributed by atoms with Crippen molar-refractivity contribution in [3.05, 3.63) is 159 Å². The summed E-state index contributed by atoms with van der Waals surface area (Å²) in [5.74, 6) is 2.23. The van der Waals surface area contributed by atoms with Crippen molar-refractivity contribution in [2.24, 2.45) is 0 Å². The summed E-state index contributed by atoms with van der Waals surface area (Å²) in [5.41, 5.74) is 15.0. The molecule has 0 atom stereocenters. The maximum Gasteiger partial charge on any atom is 0.210 e. The van der Waals surface area contributed by atoms with Crippen molar-refractivity contribution in [3.8, 4) is 11.5 Å². The summed E-state index contributed by atoms with van der Waals surface area (Å²) in [7, 11) is -2.90. The number of fused-ring (bicyclic) bond motifs is 6. The quantitative estimate of drug-likeness (QED) is 0.179. The Morgan fingerprint density at radius 3 is 2.17 bits per heavy atom. The number of nitrogens with zero attached hydrogens (tertiary/aromatic N) is 3. The summed E-state index contributed by atoms with van der Waals surface area (Å²) in [6.07, 6.45) is 9.80. The molecule has 12 rings (SSSR count). The molecular formula is C53H52N3O2Si+. The smallest absolute Gasteiger partial charge is 0.210 e. The van der Waals surface area contributed by atoms with Crippen molar-refractivity contribution in [1.29, 1.82) is 0 Å². The maximum atomic E-state index is 10.1. The Bertz CT molecular complexity index is 2790. The molecule has 0 unspecified atom stereocenters. The van der Waals surface area contributed by atoms with E-state index in [-0.39, 0.29) is 6.61 Å². The third-order valence-corrected chi connectivity index (χ3v) is 19.4. The Morgan fingerprint density at radius 2 is 1.41 bits per heavy atom. The van der Waals surface area contributed by atoms with Gasteiger partial charge in [0.1, 0.15) is 24.6 Å². The minimum atomic E-state index is -2.90. The van der Waals surface area contributed by atoms with Crippen LogP contribution in [0.25, 0.3) is 5.57 Å². The average Bonchev–Trinajstić information content (AvgIpc) is 3.29. The molecule has 6 aromatic rings. The van der Waals surface area contributed by atoms with Gasteiger partial charge in [0.05, 0.1) is 5.56 Å². The van der Waals surface area contributed by atoms with E-state index in [1.165, 1.54) is 119 Å². The molecule has 0 saturated carbocycles. The minimum absolute atomic E-state index is 0.141. The molecule has 0 aliphatic carbocycles. The fourth-order valence-electron chi connectivity index (χ4n) is 12.2. The number of ether oxygens (including phenoxy) is 1. The molecule has 59 heavy (non-hydrogen) atoms. The van der Waals surface area contributed by atoms with E-state index in [0.29, 0.717) is 6.42 Å². The van der Waals surface area contributed by atoms with Crippen molar-refractivity contribution in [2.45, 2.75) is 64.7 Å². The highest BCUT2D eigenvalue weighted by molar-refractivity contribution is 7.21. The van der Waals surface area contributed by atoms with Crippen LogP contribution in [0.1, 0.15) is 71.6 Å². The number of hydrogen-bond donors (Lipinski definition) is 1. The molecule has 0 radical (unpaired) electrons. The van der Waals surface area contributed by atoms with Gasteiger partial charge in [0.25, 0.3) is 0 Å². The lowest BCUT2D eigenvalue weighted by molar-refractivity contribution is 0.299. The second-order valence-corrected chi connectivity index (χ2v) is 21.4. The molecule has 5 nitrogen and oxygen atoms in total. The molecule has 1 N–H and O–H groups in total. The van der Waals surface area contributed by atoms with Crippen LogP contribution in [0.3, 0.4) is 0 Å². The fraction of sp³-hybridized carbons (Fsp3) is 0.302. The standard InChI is InChI=1S/C53H52N3O2Si/c1-2-56-45-23-22-36(34-48(45)59(39-15-5-3-6-16-39,40-17-7-4-8-18-40)47-24-21-35(25-30-57)31-46(47)56)49-43-32-37-13-9-26-54-28-11-19-41(50(37)54)52(43)58-53-42-20-12-29-55-27-10-14-38(51(42)55)33-44(49)53/h3-8,15-18,21-24,31-34,57H,2,9-14,19-20,25-30H2,1H3/q+1. The highest BCUT2D eigenvalue weighted by atomic mass is 28.3. The molecule has 0 saturated heterocycles.